The Morgan fingerprint density at radius 1 is 1.35 bits per heavy atom. The molecule has 2 atom stereocenters. The second kappa shape index (κ2) is 7.01. The molecule has 2 N–H and O–H groups in total. The highest BCUT2D eigenvalue weighted by Crippen LogP contribution is 2.14. The van der Waals surface area contributed by atoms with Crippen molar-refractivity contribution in [2.75, 3.05) is 13.2 Å². The second-order valence-electron chi connectivity index (χ2n) is 3.41. The van der Waals surface area contributed by atoms with Crippen LogP contribution in [0.25, 0.3) is 0 Å². The van der Waals surface area contributed by atoms with Crippen LogP contribution in [0, 0.1) is 0 Å². The van der Waals surface area contributed by atoms with Gasteiger partial charge in [-0.2, -0.15) is 0 Å². The number of benzene rings is 1. The first-order valence-corrected chi connectivity index (χ1v) is 5.31. The number of carbonyl (C=O) groups excluding carboxylic acids is 1. The maximum atomic E-state index is 11.5. The summed E-state index contributed by atoms with van der Waals surface area (Å²) in [6.07, 6.45) is -2.12. The van der Waals surface area contributed by atoms with Crippen molar-refractivity contribution in [1.82, 2.24) is 0 Å². The summed E-state index contributed by atoms with van der Waals surface area (Å²) in [7, 11) is 0. The highest BCUT2D eigenvalue weighted by Gasteiger charge is 2.20. The van der Waals surface area contributed by atoms with Crippen LogP contribution >= 0.6 is 0 Å². The van der Waals surface area contributed by atoms with Crippen LogP contribution in [0.15, 0.2) is 30.3 Å². The molecular formula is C12H16O5. The summed E-state index contributed by atoms with van der Waals surface area (Å²) in [6, 6.07) is 8.49. The SMILES string of the molecule is CC(OCCO)OC(=O)C(O)c1ccccc1. The van der Waals surface area contributed by atoms with Crippen molar-refractivity contribution in [2.24, 2.45) is 0 Å². The molecule has 94 valence electrons. The van der Waals surface area contributed by atoms with Crippen LogP contribution in [0.3, 0.4) is 0 Å². The minimum atomic E-state index is -1.32. The van der Waals surface area contributed by atoms with E-state index in [1.165, 1.54) is 6.92 Å². The standard InChI is InChI=1S/C12H16O5/c1-9(16-8-7-13)17-12(15)11(14)10-5-3-2-4-6-10/h2-6,9,11,13-14H,7-8H2,1H3. The zero-order valence-electron chi connectivity index (χ0n) is 9.57. The highest BCUT2D eigenvalue weighted by molar-refractivity contribution is 5.76. The largest absolute Gasteiger partial charge is 0.434 e. The fourth-order valence-corrected chi connectivity index (χ4v) is 1.25. The summed E-state index contributed by atoms with van der Waals surface area (Å²) in [6.45, 7) is 1.45. The van der Waals surface area contributed by atoms with Gasteiger partial charge >= 0.3 is 5.97 Å². The molecule has 0 spiro atoms. The van der Waals surface area contributed by atoms with Crippen molar-refractivity contribution in [1.29, 1.82) is 0 Å². The number of carbonyl (C=O) groups is 1. The molecule has 5 heteroatoms. The fourth-order valence-electron chi connectivity index (χ4n) is 1.25. The van der Waals surface area contributed by atoms with Gasteiger partial charge in [0.15, 0.2) is 12.4 Å². The monoisotopic (exact) mass is 240 g/mol. The van der Waals surface area contributed by atoms with E-state index in [9.17, 15) is 9.90 Å². The van der Waals surface area contributed by atoms with Gasteiger partial charge in [0.2, 0.25) is 0 Å². The Kier molecular flexibility index (Phi) is 5.62. The molecule has 0 fully saturated rings. The first kappa shape index (κ1) is 13.6. The van der Waals surface area contributed by atoms with E-state index < -0.39 is 18.4 Å². The minimum Gasteiger partial charge on any atom is -0.434 e. The summed E-state index contributed by atoms with van der Waals surface area (Å²) < 4.78 is 9.79. The predicted molar refractivity (Wildman–Crippen MR) is 60.0 cm³/mol. The first-order valence-electron chi connectivity index (χ1n) is 5.31. The molecule has 0 aliphatic heterocycles. The maximum Gasteiger partial charge on any atom is 0.341 e. The second-order valence-corrected chi connectivity index (χ2v) is 3.41. The van der Waals surface area contributed by atoms with E-state index in [1.807, 2.05) is 0 Å². The topological polar surface area (TPSA) is 76.0 Å². The molecule has 0 aromatic heterocycles. The Morgan fingerprint density at radius 2 is 2.00 bits per heavy atom. The van der Waals surface area contributed by atoms with E-state index >= 15 is 0 Å². The number of aliphatic hydroxyl groups is 2. The summed E-state index contributed by atoms with van der Waals surface area (Å²) in [5.74, 6) is -0.776. The van der Waals surface area contributed by atoms with Crippen molar-refractivity contribution in [2.45, 2.75) is 19.3 Å². The van der Waals surface area contributed by atoms with E-state index in [4.69, 9.17) is 14.6 Å². The fraction of sp³-hybridized carbons (Fsp3) is 0.417. The van der Waals surface area contributed by atoms with E-state index in [1.54, 1.807) is 30.3 Å². The molecule has 5 nitrogen and oxygen atoms in total. The molecule has 0 heterocycles. The number of aliphatic hydroxyl groups excluding tert-OH is 2. The van der Waals surface area contributed by atoms with Crippen molar-refractivity contribution < 1.29 is 24.5 Å². The molecule has 0 aliphatic carbocycles. The molecule has 17 heavy (non-hydrogen) atoms. The van der Waals surface area contributed by atoms with Gasteiger partial charge in [0, 0.05) is 0 Å². The lowest BCUT2D eigenvalue weighted by molar-refractivity contribution is -0.185. The van der Waals surface area contributed by atoms with E-state index in [-0.39, 0.29) is 13.2 Å². The van der Waals surface area contributed by atoms with Gasteiger partial charge in [0.1, 0.15) is 0 Å². The van der Waals surface area contributed by atoms with Crippen LogP contribution in [-0.2, 0) is 14.3 Å². The highest BCUT2D eigenvalue weighted by atomic mass is 16.7. The van der Waals surface area contributed by atoms with E-state index in [0.717, 1.165) is 0 Å². The van der Waals surface area contributed by atoms with Crippen molar-refractivity contribution >= 4 is 5.97 Å². The Labute approximate surface area is 99.6 Å². The zero-order chi connectivity index (χ0) is 12.7. The van der Waals surface area contributed by atoms with Crippen molar-refractivity contribution in [3.63, 3.8) is 0 Å². The van der Waals surface area contributed by atoms with Crippen LogP contribution in [-0.4, -0.2) is 35.7 Å². The Bertz CT molecular complexity index is 338. The van der Waals surface area contributed by atoms with Crippen LogP contribution in [0.5, 0.6) is 0 Å². The molecule has 0 radical (unpaired) electrons. The molecule has 1 aromatic rings. The van der Waals surface area contributed by atoms with Gasteiger partial charge in [-0.1, -0.05) is 30.3 Å². The van der Waals surface area contributed by atoms with Crippen LogP contribution < -0.4 is 0 Å². The normalized spacial score (nSPS) is 14.1. The molecule has 0 amide bonds. The number of esters is 1. The van der Waals surface area contributed by atoms with Gasteiger partial charge in [-0.15, -0.1) is 0 Å². The van der Waals surface area contributed by atoms with Gasteiger partial charge in [-0.05, 0) is 12.5 Å². The average Bonchev–Trinajstić information content (AvgIpc) is 2.36. The molecule has 0 aliphatic rings. The molecule has 0 saturated heterocycles. The van der Waals surface area contributed by atoms with Gasteiger partial charge in [-0.25, -0.2) is 4.79 Å². The molecular weight excluding hydrogens is 224 g/mol. The molecule has 2 unspecified atom stereocenters. The van der Waals surface area contributed by atoms with Crippen molar-refractivity contribution in [3.8, 4) is 0 Å². The number of hydrogen-bond acceptors (Lipinski definition) is 5. The Balaban J connectivity index is 2.47. The van der Waals surface area contributed by atoms with Gasteiger partial charge in [-0.3, -0.25) is 0 Å². The van der Waals surface area contributed by atoms with Gasteiger partial charge < -0.3 is 19.7 Å². The lowest BCUT2D eigenvalue weighted by atomic mass is 10.1. The maximum absolute atomic E-state index is 11.5. The Hall–Kier alpha value is -1.43. The third-order valence-electron chi connectivity index (χ3n) is 2.06. The summed E-state index contributed by atoms with van der Waals surface area (Å²) in [4.78, 5) is 11.5. The lowest BCUT2D eigenvalue weighted by Gasteiger charge is -2.16. The first-order chi connectivity index (χ1) is 8.15. The van der Waals surface area contributed by atoms with E-state index in [0.29, 0.717) is 5.56 Å². The third kappa shape index (κ3) is 4.52. The summed E-state index contributed by atoms with van der Waals surface area (Å²) in [5.41, 5.74) is 0.465. The minimum absolute atomic E-state index is 0.0792. The molecule has 1 rings (SSSR count). The average molecular weight is 240 g/mol. The van der Waals surface area contributed by atoms with E-state index in [2.05, 4.69) is 0 Å². The third-order valence-corrected chi connectivity index (χ3v) is 2.06. The predicted octanol–water partition coefficient (Wildman–Crippen LogP) is 0.618. The van der Waals surface area contributed by atoms with Gasteiger partial charge in [0.05, 0.1) is 13.2 Å². The smallest absolute Gasteiger partial charge is 0.341 e. The number of ether oxygens (including phenoxy) is 2. The Morgan fingerprint density at radius 3 is 2.59 bits per heavy atom. The van der Waals surface area contributed by atoms with Crippen LogP contribution in [0.2, 0.25) is 0 Å². The zero-order valence-corrected chi connectivity index (χ0v) is 9.57. The number of rotatable bonds is 6. The lowest BCUT2D eigenvalue weighted by Crippen LogP contribution is -2.24. The summed E-state index contributed by atoms with van der Waals surface area (Å²) >= 11 is 0. The van der Waals surface area contributed by atoms with Crippen molar-refractivity contribution in [3.05, 3.63) is 35.9 Å². The van der Waals surface area contributed by atoms with Crippen LogP contribution in [0.4, 0.5) is 0 Å². The summed E-state index contributed by atoms with van der Waals surface area (Å²) in [5, 5.41) is 18.2. The van der Waals surface area contributed by atoms with Gasteiger partial charge in [0.25, 0.3) is 0 Å². The molecule has 0 saturated carbocycles. The quantitative estimate of drug-likeness (QED) is 0.563. The van der Waals surface area contributed by atoms with Crippen LogP contribution in [0.1, 0.15) is 18.6 Å². The molecule has 1 aromatic carbocycles. The number of hydrogen-bond donors (Lipinski definition) is 2. The molecule has 0 bridgehead atoms.